The van der Waals surface area contributed by atoms with E-state index in [0.29, 0.717) is 25.1 Å². The fraction of sp³-hybridized carbons (Fsp3) is 0.333. The van der Waals surface area contributed by atoms with Gasteiger partial charge in [0.25, 0.3) is 0 Å². The highest BCUT2D eigenvalue weighted by Gasteiger charge is 2.34. The van der Waals surface area contributed by atoms with Gasteiger partial charge in [-0.3, -0.25) is 9.59 Å². The largest absolute Gasteiger partial charge is 0.497 e. The van der Waals surface area contributed by atoms with Crippen molar-refractivity contribution in [2.24, 2.45) is 0 Å². The summed E-state index contributed by atoms with van der Waals surface area (Å²) in [6, 6.07) is 10.7. The average molecular weight is 344 g/mol. The molecule has 5 nitrogen and oxygen atoms in total. The maximum absolute atomic E-state index is 12.6. The number of thiophene rings is 1. The Morgan fingerprint density at radius 2 is 2.08 bits per heavy atom. The first-order chi connectivity index (χ1) is 11.7. The number of ether oxygens (including phenoxy) is 1. The number of nitrogens with one attached hydrogen (secondary N) is 1. The van der Waals surface area contributed by atoms with Gasteiger partial charge in [-0.25, -0.2) is 0 Å². The number of carbonyl (C=O) groups excluding carboxylic acids is 2. The summed E-state index contributed by atoms with van der Waals surface area (Å²) in [7, 11) is 1.60. The van der Waals surface area contributed by atoms with Gasteiger partial charge < -0.3 is 15.0 Å². The Labute approximate surface area is 145 Å². The van der Waals surface area contributed by atoms with E-state index in [0.717, 1.165) is 17.0 Å². The van der Waals surface area contributed by atoms with Gasteiger partial charge in [0.05, 0.1) is 13.5 Å². The van der Waals surface area contributed by atoms with Crippen molar-refractivity contribution < 1.29 is 14.3 Å². The van der Waals surface area contributed by atoms with Crippen LogP contribution in [-0.2, 0) is 16.0 Å². The number of likely N-dealkylation sites (tertiary alicyclic amines) is 1. The quantitative estimate of drug-likeness (QED) is 0.907. The number of anilines is 1. The van der Waals surface area contributed by atoms with E-state index in [9.17, 15) is 9.59 Å². The monoisotopic (exact) mass is 344 g/mol. The van der Waals surface area contributed by atoms with Gasteiger partial charge in [0.15, 0.2) is 0 Å². The van der Waals surface area contributed by atoms with Crippen molar-refractivity contribution >= 4 is 28.8 Å². The molecular formula is C18H20N2O3S. The topological polar surface area (TPSA) is 58.6 Å². The summed E-state index contributed by atoms with van der Waals surface area (Å²) in [5.74, 6) is 0.628. The van der Waals surface area contributed by atoms with Crippen LogP contribution in [0.15, 0.2) is 41.8 Å². The Kier molecular flexibility index (Phi) is 5.15. The SMILES string of the molecule is COc1ccc(NC(=O)C2CCCN2C(=O)Cc2cccs2)cc1. The summed E-state index contributed by atoms with van der Waals surface area (Å²) in [5.41, 5.74) is 0.707. The number of methoxy groups -OCH3 is 1. The molecule has 126 valence electrons. The molecule has 0 bridgehead atoms. The van der Waals surface area contributed by atoms with Gasteiger partial charge in [-0.1, -0.05) is 6.07 Å². The number of hydrogen-bond acceptors (Lipinski definition) is 4. The zero-order chi connectivity index (χ0) is 16.9. The molecule has 24 heavy (non-hydrogen) atoms. The first-order valence-corrected chi connectivity index (χ1v) is 8.82. The number of benzene rings is 1. The van der Waals surface area contributed by atoms with Crippen molar-refractivity contribution in [3.63, 3.8) is 0 Å². The van der Waals surface area contributed by atoms with Crippen LogP contribution in [0.5, 0.6) is 5.75 Å². The molecule has 0 aliphatic carbocycles. The fourth-order valence-corrected chi connectivity index (χ4v) is 3.60. The predicted molar refractivity (Wildman–Crippen MR) is 94.4 cm³/mol. The van der Waals surface area contributed by atoms with Gasteiger partial charge >= 0.3 is 0 Å². The second-order valence-electron chi connectivity index (χ2n) is 5.72. The molecule has 1 aliphatic heterocycles. The van der Waals surface area contributed by atoms with Crippen LogP contribution in [0, 0.1) is 0 Å². The number of rotatable bonds is 5. The minimum atomic E-state index is -0.389. The van der Waals surface area contributed by atoms with Crippen molar-refractivity contribution in [2.45, 2.75) is 25.3 Å². The van der Waals surface area contributed by atoms with Crippen LogP contribution in [0.3, 0.4) is 0 Å². The molecule has 1 aromatic heterocycles. The van der Waals surface area contributed by atoms with Gasteiger partial charge in [-0.2, -0.15) is 0 Å². The molecule has 1 unspecified atom stereocenters. The van der Waals surface area contributed by atoms with Crippen molar-refractivity contribution in [3.8, 4) is 5.75 Å². The highest BCUT2D eigenvalue weighted by atomic mass is 32.1. The molecule has 3 rings (SSSR count). The molecule has 2 heterocycles. The summed E-state index contributed by atoms with van der Waals surface area (Å²) in [6.07, 6.45) is 1.93. The molecule has 1 aromatic carbocycles. The third-order valence-corrected chi connectivity index (χ3v) is 5.02. The predicted octanol–water partition coefficient (Wildman–Crippen LogP) is 2.93. The minimum Gasteiger partial charge on any atom is -0.497 e. The van der Waals surface area contributed by atoms with E-state index < -0.39 is 0 Å². The van der Waals surface area contributed by atoms with Gasteiger partial charge in [0.2, 0.25) is 11.8 Å². The van der Waals surface area contributed by atoms with Crippen LogP contribution in [0.2, 0.25) is 0 Å². The molecule has 1 fully saturated rings. The summed E-state index contributed by atoms with van der Waals surface area (Å²) in [6.45, 7) is 0.644. The molecule has 0 saturated carbocycles. The van der Waals surface area contributed by atoms with E-state index in [-0.39, 0.29) is 17.9 Å². The molecule has 0 radical (unpaired) electrons. The maximum atomic E-state index is 12.6. The Morgan fingerprint density at radius 3 is 2.75 bits per heavy atom. The van der Waals surface area contributed by atoms with E-state index in [4.69, 9.17) is 4.74 Å². The normalized spacial score (nSPS) is 16.9. The molecule has 6 heteroatoms. The van der Waals surface area contributed by atoms with Gasteiger partial charge in [-0.15, -0.1) is 11.3 Å². The second kappa shape index (κ2) is 7.49. The summed E-state index contributed by atoms with van der Waals surface area (Å²) >= 11 is 1.57. The number of hydrogen-bond donors (Lipinski definition) is 1. The molecule has 2 amide bonds. The number of amides is 2. The standard InChI is InChI=1S/C18H20N2O3S/c1-23-14-8-6-13(7-9-14)19-18(22)16-5-2-10-20(16)17(21)12-15-4-3-11-24-15/h3-4,6-9,11,16H,2,5,10,12H2,1H3,(H,19,22). The molecular weight excluding hydrogens is 324 g/mol. The highest BCUT2D eigenvalue weighted by molar-refractivity contribution is 7.10. The maximum Gasteiger partial charge on any atom is 0.247 e. The van der Waals surface area contributed by atoms with Crippen molar-refractivity contribution in [2.75, 3.05) is 19.0 Å². The van der Waals surface area contributed by atoms with E-state index in [1.54, 1.807) is 47.6 Å². The van der Waals surface area contributed by atoms with E-state index in [1.165, 1.54) is 0 Å². The van der Waals surface area contributed by atoms with Crippen LogP contribution in [0.25, 0.3) is 0 Å². The van der Waals surface area contributed by atoms with Gasteiger partial charge in [-0.05, 0) is 48.6 Å². The Hall–Kier alpha value is -2.34. The lowest BCUT2D eigenvalue weighted by Crippen LogP contribution is -2.43. The van der Waals surface area contributed by atoms with E-state index in [2.05, 4.69) is 5.32 Å². The Morgan fingerprint density at radius 1 is 1.29 bits per heavy atom. The van der Waals surface area contributed by atoms with Gasteiger partial charge in [0.1, 0.15) is 11.8 Å². The smallest absolute Gasteiger partial charge is 0.247 e. The summed E-state index contributed by atoms with van der Waals surface area (Å²) in [5, 5.41) is 4.85. The fourth-order valence-electron chi connectivity index (χ4n) is 2.90. The molecule has 2 aromatic rings. The zero-order valence-corrected chi connectivity index (χ0v) is 14.3. The second-order valence-corrected chi connectivity index (χ2v) is 6.75. The first-order valence-electron chi connectivity index (χ1n) is 7.94. The van der Waals surface area contributed by atoms with Crippen molar-refractivity contribution in [3.05, 3.63) is 46.7 Å². The molecule has 1 atom stereocenters. The van der Waals surface area contributed by atoms with Gasteiger partial charge in [0, 0.05) is 17.1 Å². The average Bonchev–Trinajstić information content (AvgIpc) is 3.27. The molecule has 1 aliphatic rings. The third-order valence-electron chi connectivity index (χ3n) is 4.14. The minimum absolute atomic E-state index is 0.0184. The van der Waals surface area contributed by atoms with Crippen LogP contribution < -0.4 is 10.1 Å². The van der Waals surface area contributed by atoms with E-state index in [1.807, 2.05) is 17.5 Å². The van der Waals surface area contributed by atoms with Crippen LogP contribution in [-0.4, -0.2) is 36.4 Å². The first kappa shape index (κ1) is 16.5. The Bertz CT molecular complexity index is 698. The van der Waals surface area contributed by atoms with Crippen LogP contribution >= 0.6 is 11.3 Å². The third kappa shape index (κ3) is 3.76. The lowest BCUT2D eigenvalue weighted by atomic mass is 10.2. The van der Waals surface area contributed by atoms with Crippen molar-refractivity contribution in [1.82, 2.24) is 4.90 Å². The highest BCUT2D eigenvalue weighted by Crippen LogP contribution is 2.22. The summed E-state index contributed by atoms with van der Waals surface area (Å²) < 4.78 is 5.11. The van der Waals surface area contributed by atoms with Crippen LogP contribution in [0.1, 0.15) is 17.7 Å². The zero-order valence-electron chi connectivity index (χ0n) is 13.5. The molecule has 0 spiro atoms. The van der Waals surface area contributed by atoms with Crippen molar-refractivity contribution in [1.29, 1.82) is 0 Å². The lowest BCUT2D eigenvalue weighted by Gasteiger charge is -2.24. The lowest BCUT2D eigenvalue weighted by molar-refractivity contribution is -0.136. The van der Waals surface area contributed by atoms with E-state index >= 15 is 0 Å². The molecule has 1 saturated heterocycles. The number of carbonyl (C=O) groups is 2. The van der Waals surface area contributed by atoms with Crippen LogP contribution in [0.4, 0.5) is 5.69 Å². The Balaban J connectivity index is 1.63. The number of nitrogens with zero attached hydrogens (tertiary/aromatic N) is 1. The summed E-state index contributed by atoms with van der Waals surface area (Å²) in [4.78, 5) is 27.8. The molecule has 1 N–H and O–H groups in total.